The van der Waals surface area contributed by atoms with Gasteiger partial charge in [0, 0.05) is 31.0 Å². The zero-order valence-electron chi connectivity index (χ0n) is 13.7. The number of benzene rings is 1. The second-order valence-electron chi connectivity index (χ2n) is 6.30. The fourth-order valence-corrected chi connectivity index (χ4v) is 3.09. The van der Waals surface area contributed by atoms with Crippen molar-refractivity contribution in [2.45, 2.75) is 31.7 Å². The number of non-ortho nitro benzene ring substituents is 1. The minimum Gasteiger partial charge on any atom is -0.396 e. The zero-order valence-corrected chi connectivity index (χ0v) is 13.7. The molecule has 8 nitrogen and oxygen atoms in total. The Hall–Kier alpha value is -2.74. The first-order valence-electron chi connectivity index (χ1n) is 8.29. The molecule has 0 atom stereocenters. The fraction of sp³-hybridized carbons (Fsp3) is 0.412. The summed E-state index contributed by atoms with van der Waals surface area (Å²) >= 11 is 0. The average Bonchev–Trinajstić information content (AvgIpc) is 3.13. The monoisotopic (exact) mass is 344 g/mol. The number of aliphatic hydroxyl groups excluding tert-OH is 1. The van der Waals surface area contributed by atoms with Gasteiger partial charge in [-0.05, 0) is 43.7 Å². The number of aromatic nitrogens is 2. The topological polar surface area (TPSA) is 110 Å². The highest BCUT2D eigenvalue weighted by atomic mass is 16.6. The van der Waals surface area contributed by atoms with Gasteiger partial charge in [-0.1, -0.05) is 6.07 Å². The van der Waals surface area contributed by atoms with Crippen molar-refractivity contribution in [3.63, 3.8) is 0 Å². The van der Waals surface area contributed by atoms with E-state index in [1.165, 1.54) is 16.8 Å². The third kappa shape index (κ3) is 4.03. The molecular formula is C17H20N4O4. The predicted octanol–water partition coefficient (Wildman–Crippen LogP) is 2.06. The molecule has 1 aliphatic carbocycles. The number of nitrogens with zero attached hydrogens (tertiary/aromatic N) is 3. The first-order chi connectivity index (χ1) is 12.1. The Morgan fingerprint density at radius 2 is 2.08 bits per heavy atom. The molecular weight excluding hydrogens is 324 g/mol. The van der Waals surface area contributed by atoms with Crippen LogP contribution < -0.4 is 5.32 Å². The highest BCUT2D eigenvalue weighted by molar-refractivity contribution is 5.92. The number of nitrogens with one attached hydrogen (secondary N) is 1. The summed E-state index contributed by atoms with van der Waals surface area (Å²) in [6, 6.07) is 7.77. The number of rotatable bonds is 5. The maximum absolute atomic E-state index is 12.3. The largest absolute Gasteiger partial charge is 0.396 e. The highest BCUT2D eigenvalue weighted by Crippen LogP contribution is 2.24. The summed E-state index contributed by atoms with van der Waals surface area (Å²) in [4.78, 5) is 22.7. The average molecular weight is 344 g/mol. The van der Waals surface area contributed by atoms with E-state index >= 15 is 0 Å². The van der Waals surface area contributed by atoms with Gasteiger partial charge < -0.3 is 10.4 Å². The van der Waals surface area contributed by atoms with E-state index in [4.69, 9.17) is 5.11 Å². The molecule has 3 rings (SSSR count). The molecule has 2 aromatic rings. The van der Waals surface area contributed by atoms with E-state index in [2.05, 4.69) is 10.4 Å². The lowest BCUT2D eigenvalue weighted by Crippen LogP contribution is -2.38. The Balaban J connectivity index is 1.66. The van der Waals surface area contributed by atoms with Crippen molar-refractivity contribution in [1.82, 2.24) is 15.1 Å². The predicted molar refractivity (Wildman–Crippen MR) is 90.5 cm³/mol. The van der Waals surface area contributed by atoms with Gasteiger partial charge in [-0.25, -0.2) is 4.68 Å². The van der Waals surface area contributed by atoms with Crippen molar-refractivity contribution < 1.29 is 14.8 Å². The third-order valence-electron chi connectivity index (χ3n) is 4.57. The van der Waals surface area contributed by atoms with Gasteiger partial charge in [-0.15, -0.1) is 0 Å². The maximum Gasteiger partial charge on any atom is 0.272 e. The normalized spacial score (nSPS) is 20.2. The molecule has 1 aromatic carbocycles. The molecule has 0 radical (unpaired) electrons. The molecule has 1 saturated carbocycles. The summed E-state index contributed by atoms with van der Waals surface area (Å²) in [6.07, 6.45) is 5.12. The summed E-state index contributed by atoms with van der Waals surface area (Å²) < 4.78 is 1.45. The summed E-state index contributed by atoms with van der Waals surface area (Å²) in [6.45, 7) is 0.203. The van der Waals surface area contributed by atoms with Crippen LogP contribution in [0.25, 0.3) is 5.69 Å². The Morgan fingerprint density at radius 1 is 1.32 bits per heavy atom. The number of nitro benzene ring substituents is 1. The molecule has 2 N–H and O–H groups in total. The number of aliphatic hydroxyl groups is 1. The molecule has 0 saturated heterocycles. The molecule has 25 heavy (non-hydrogen) atoms. The lowest BCUT2D eigenvalue weighted by Gasteiger charge is -2.27. The van der Waals surface area contributed by atoms with Crippen LogP contribution >= 0.6 is 0 Å². The molecule has 132 valence electrons. The van der Waals surface area contributed by atoms with Gasteiger partial charge in [0.15, 0.2) is 5.69 Å². The van der Waals surface area contributed by atoms with Gasteiger partial charge >= 0.3 is 0 Å². The van der Waals surface area contributed by atoms with Gasteiger partial charge in [0.2, 0.25) is 0 Å². The number of nitro groups is 1. The van der Waals surface area contributed by atoms with Gasteiger partial charge in [0.25, 0.3) is 11.6 Å². The van der Waals surface area contributed by atoms with Crippen molar-refractivity contribution in [1.29, 1.82) is 0 Å². The van der Waals surface area contributed by atoms with E-state index in [9.17, 15) is 14.9 Å². The highest BCUT2D eigenvalue weighted by Gasteiger charge is 2.23. The van der Waals surface area contributed by atoms with Crippen LogP contribution in [-0.2, 0) is 0 Å². The van der Waals surface area contributed by atoms with Gasteiger partial charge in [0.1, 0.15) is 0 Å². The van der Waals surface area contributed by atoms with E-state index in [-0.39, 0.29) is 29.9 Å². The molecule has 0 aliphatic heterocycles. The van der Waals surface area contributed by atoms with E-state index in [0.717, 1.165) is 25.7 Å². The third-order valence-corrected chi connectivity index (χ3v) is 4.57. The molecule has 0 bridgehead atoms. The molecule has 1 fully saturated rings. The van der Waals surface area contributed by atoms with Crippen molar-refractivity contribution in [2.75, 3.05) is 6.61 Å². The first kappa shape index (κ1) is 17.1. The first-order valence-corrected chi connectivity index (χ1v) is 8.29. The van der Waals surface area contributed by atoms with Crippen LogP contribution in [0, 0.1) is 16.0 Å². The van der Waals surface area contributed by atoms with Crippen LogP contribution in [0.2, 0.25) is 0 Å². The number of hydrogen-bond acceptors (Lipinski definition) is 5. The van der Waals surface area contributed by atoms with Crippen LogP contribution in [-0.4, -0.2) is 38.4 Å². The Morgan fingerprint density at radius 3 is 2.76 bits per heavy atom. The molecule has 0 unspecified atom stereocenters. The fourth-order valence-electron chi connectivity index (χ4n) is 3.09. The molecule has 1 heterocycles. The van der Waals surface area contributed by atoms with E-state index in [1.54, 1.807) is 24.4 Å². The molecule has 8 heteroatoms. The second kappa shape index (κ2) is 7.43. The quantitative estimate of drug-likeness (QED) is 0.637. The zero-order chi connectivity index (χ0) is 17.8. The minimum atomic E-state index is -0.469. The number of carbonyl (C=O) groups excluding carboxylic acids is 1. The molecule has 1 amide bonds. The lowest BCUT2D eigenvalue weighted by molar-refractivity contribution is -0.384. The summed E-state index contributed by atoms with van der Waals surface area (Å²) in [7, 11) is 0. The summed E-state index contributed by atoms with van der Waals surface area (Å²) in [5.41, 5.74) is 0.770. The Kier molecular flexibility index (Phi) is 5.08. The standard InChI is InChI=1S/C17H20N4O4/c22-11-12-4-6-13(7-5-12)18-17(23)16-8-9-20(19-16)14-2-1-3-15(10-14)21(24)25/h1-3,8-10,12-13,22H,4-7,11H2,(H,18,23). The van der Waals surface area contributed by atoms with Crippen LogP contribution in [0.5, 0.6) is 0 Å². The van der Waals surface area contributed by atoms with Gasteiger partial charge in [-0.3, -0.25) is 14.9 Å². The Labute approximate surface area is 144 Å². The van der Waals surface area contributed by atoms with Crippen molar-refractivity contribution >= 4 is 11.6 Å². The van der Waals surface area contributed by atoms with Crippen molar-refractivity contribution in [2.24, 2.45) is 5.92 Å². The van der Waals surface area contributed by atoms with Crippen molar-refractivity contribution in [3.8, 4) is 5.69 Å². The van der Waals surface area contributed by atoms with E-state index in [1.807, 2.05) is 0 Å². The Bertz CT molecular complexity index is 766. The number of amides is 1. The number of carbonyl (C=O) groups is 1. The van der Waals surface area contributed by atoms with Gasteiger partial charge in [0.05, 0.1) is 10.6 Å². The second-order valence-corrected chi connectivity index (χ2v) is 6.30. The minimum absolute atomic E-state index is 0.0281. The smallest absolute Gasteiger partial charge is 0.272 e. The van der Waals surface area contributed by atoms with Crippen LogP contribution in [0.3, 0.4) is 0 Å². The molecule has 1 aliphatic rings. The van der Waals surface area contributed by atoms with E-state index < -0.39 is 4.92 Å². The van der Waals surface area contributed by atoms with Crippen LogP contribution in [0.1, 0.15) is 36.2 Å². The van der Waals surface area contributed by atoms with Crippen LogP contribution in [0.4, 0.5) is 5.69 Å². The van der Waals surface area contributed by atoms with Crippen LogP contribution in [0.15, 0.2) is 36.5 Å². The maximum atomic E-state index is 12.3. The summed E-state index contributed by atoms with van der Waals surface area (Å²) in [5.74, 6) is 0.0814. The van der Waals surface area contributed by atoms with Crippen molar-refractivity contribution in [3.05, 3.63) is 52.3 Å². The van der Waals surface area contributed by atoms with Gasteiger partial charge in [-0.2, -0.15) is 5.10 Å². The molecule has 1 aromatic heterocycles. The summed E-state index contributed by atoms with van der Waals surface area (Å²) in [5, 5.41) is 27.2. The number of hydrogen-bond donors (Lipinski definition) is 2. The van der Waals surface area contributed by atoms with E-state index in [0.29, 0.717) is 11.6 Å². The SMILES string of the molecule is O=C(NC1CCC(CO)CC1)c1ccn(-c2cccc([N+](=O)[O-])c2)n1. The lowest BCUT2D eigenvalue weighted by atomic mass is 9.86. The molecule has 0 spiro atoms.